The van der Waals surface area contributed by atoms with Gasteiger partial charge in [0.2, 0.25) is 0 Å². The standard InChI is InChI=1S/C18H33N3/c19-17-18(21-15-10-13-20-14-16-21)11-8-6-4-2-1-3-5-7-9-12-18/h20H,1-16H2. The summed E-state index contributed by atoms with van der Waals surface area (Å²) in [6.45, 7) is 4.30. The zero-order chi connectivity index (χ0) is 14.8. The van der Waals surface area contributed by atoms with E-state index in [1.54, 1.807) is 0 Å². The maximum Gasteiger partial charge on any atom is 0.109 e. The second-order valence-electron chi connectivity index (χ2n) is 6.92. The smallest absolute Gasteiger partial charge is 0.109 e. The molecule has 0 amide bonds. The van der Waals surface area contributed by atoms with Crippen molar-refractivity contribution in [2.45, 2.75) is 82.6 Å². The van der Waals surface area contributed by atoms with E-state index >= 15 is 0 Å². The molecule has 3 nitrogen and oxygen atoms in total. The summed E-state index contributed by atoms with van der Waals surface area (Å²) in [5.41, 5.74) is -0.175. The van der Waals surface area contributed by atoms with Crippen LogP contribution in [0.5, 0.6) is 0 Å². The third-order valence-electron chi connectivity index (χ3n) is 5.33. The van der Waals surface area contributed by atoms with Crippen molar-refractivity contribution in [1.82, 2.24) is 10.2 Å². The third-order valence-corrected chi connectivity index (χ3v) is 5.33. The molecule has 3 heteroatoms. The second-order valence-corrected chi connectivity index (χ2v) is 6.92. The number of nitrogens with one attached hydrogen (secondary N) is 1. The Hall–Kier alpha value is -0.590. The van der Waals surface area contributed by atoms with Gasteiger partial charge in [-0.05, 0) is 25.8 Å². The summed E-state index contributed by atoms with van der Waals surface area (Å²) in [7, 11) is 0. The van der Waals surface area contributed by atoms with Gasteiger partial charge in [-0.25, -0.2) is 0 Å². The van der Waals surface area contributed by atoms with E-state index in [9.17, 15) is 5.26 Å². The van der Waals surface area contributed by atoms with Gasteiger partial charge < -0.3 is 5.32 Å². The van der Waals surface area contributed by atoms with Crippen LogP contribution in [0.4, 0.5) is 0 Å². The van der Waals surface area contributed by atoms with Crippen LogP contribution in [0.3, 0.4) is 0 Å². The summed E-state index contributed by atoms with van der Waals surface area (Å²) in [6.07, 6.45) is 15.4. The van der Waals surface area contributed by atoms with Crippen molar-refractivity contribution >= 4 is 0 Å². The van der Waals surface area contributed by atoms with E-state index in [2.05, 4.69) is 16.3 Å². The van der Waals surface area contributed by atoms with Crippen molar-refractivity contribution in [3.8, 4) is 6.07 Å². The summed E-state index contributed by atoms with van der Waals surface area (Å²) < 4.78 is 0. The van der Waals surface area contributed by atoms with Crippen molar-refractivity contribution in [2.24, 2.45) is 0 Å². The van der Waals surface area contributed by atoms with E-state index in [1.807, 2.05) is 0 Å². The molecule has 2 rings (SSSR count). The third kappa shape index (κ3) is 5.27. The molecular weight excluding hydrogens is 258 g/mol. The van der Waals surface area contributed by atoms with Gasteiger partial charge in [0, 0.05) is 19.6 Å². The zero-order valence-electron chi connectivity index (χ0n) is 13.7. The SMILES string of the molecule is N#CC1(N2CCCNCC2)CCCCCCCCCCC1. The summed E-state index contributed by atoms with van der Waals surface area (Å²) >= 11 is 0. The highest BCUT2D eigenvalue weighted by Crippen LogP contribution is 2.30. The van der Waals surface area contributed by atoms with E-state index < -0.39 is 0 Å². The molecule has 0 spiro atoms. The maximum absolute atomic E-state index is 9.98. The van der Waals surface area contributed by atoms with Crippen LogP contribution in [-0.2, 0) is 0 Å². The van der Waals surface area contributed by atoms with Gasteiger partial charge in [0.15, 0.2) is 0 Å². The average molecular weight is 291 g/mol. The summed E-state index contributed by atoms with van der Waals surface area (Å²) in [5.74, 6) is 0. The number of nitrogens with zero attached hydrogens (tertiary/aromatic N) is 2. The minimum absolute atomic E-state index is 0.175. The number of hydrogen-bond acceptors (Lipinski definition) is 3. The van der Waals surface area contributed by atoms with Gasteiger partial charge in [-0.2, -0.15) is 5.26 Å². The molecular formula is C18H33N3. The van der Waals surface area contributed by atoms with Crippen LogP contribution in [0.15, 0.2) is 0 Å². The van der Waals surface area contributed by atoms with Crippen molar-refractivity contribution in [3.05, 3.63) is 0 Å². The van der Waals surface area contributed by atoms with Crippen LogP contribution in [0.25, 0.3) is 0 Å². The molecule has 0 aromatic rings. The molecule has 1 aliphatic carbocycles. The monoisotopic (exact) mass is 291 g/mol. The highest BCUT2D eigenvalue weighted by atomic mass is 15.2. The van der Waals surface area contributed by atoms with Gasteiger partial charge >= 0.3 is 0 Å². The molecule has 0 radical (unpaired) electrons. The number of nitriles is 1. The first kappa shape index (κ1) is 16.8. The molecule has 0 unspecified atom stereocenters. The summed E-state index contributed by atoms with van der Waals surface area (Å²) in [6, 6.07) is 2.77. The lowest BCUT2D eigenvalue weighted by Gasteiger charge is -2.38. The quantitative estimate of drug-likeness (QED) is 0.797. The fourth-order valence-corrected chi connectivity index (χ4v) is 3.97. The fraction of sp³-hybridized carbons (Fsp3) is 0.944. The van der Waals surface area contributed by atoms with Crippen molar-refractivity contribution < 1.29 is 0 Å². The van der Waals surface area contributed by atoms with Crippen LogP contribution in [0, 0.1) is 11.3 Å². The van der Waals surface area contributed by atoms with Crippen molar-refractivity contribution in [3.63, 3.8) is 0 Å². The van der Waals surface area contributed by atoms with E-state index in [0.29, 0.717) is 0 Å². The van der Waals surface area contributed by atoms with E-state index in [0.717, 1.165) is 39.0 Å². The minimum atomic E-state index is -0.175. The van der Waals surface area contributed by atoms with Crippen LogP contribution in [0.2, 0.25) is 0 Å². The topological polar surface area (TPSA) is 39.1 Å². The Kier molecular flexibility index (Phi) is 7.53. The lowest BCUT2D eigenvalue weighted by atomic mass is 9.85. The molecule has 0 bridgehead atoms. The molecule has 2 aliphatic rings. The van der Waals surface area contributed by atoms with Gasteiger partial charge in [-0.15, -0.1) is 0 Å². The maximum atomic E-state index is 9.98. The average Bonchev–Trinajstić information content (AvgIpc) is 2.78. The Morgan fingerprint density at radius 3 is 1.86 bits per heavy atom. The molecule has 0 aromatic carbocycles. The first-order chi connectivity index (χ1) is 10.4. The molecule has 0 aromatic heterocycles. The van der Waals surface area contributed by atoms with Crippen LogP contribution in [-0.4, -0.2) is 36.6 Å². The lowest BCUT2D eigenvalue weighted by Crippen LogP contribution is -2.49. The second kappa shape index (κ2) is 9.43. The highest BCUT2D eigenvalue weighted by Gasteiger charge is 2.36. The molecule has 21 heavy (non-hydrogen) atoms. The van der Waals surface area contributed by atoms with E-state index in [1.165, 1.54) is 64.2 Å². The molecule has 1 aliphatic heterocycles. The lowest BCUT2D eigenvalue weighted by molar-refractivity contribution is 0.120. The van der Waals surface area contributed by atoms with Gasteiger partial charge in [0.25, 0.3) is 0 Å². The van der Waals surface area contributed by atoms with Crippen LogP contribution in [0.1, 0.15) is 77.0 Å². The fourth-order valence-electron chi connectivity index (χ4n) is 3.97. The van der Waals surface area contributed by atoms with Crippen molar-refractivity contribution in [1.29, 1.82) is 5.26 Å². The highest BCUT2D eigenvalue weighted by molar-refractivity contribution is 5.08. The van der Waals surface area contributed by atoms with Crippen LogP contribution < -0.4 is 5.32 Å². The van der Waals surface area contributed by atoms with E-state index in [4.69, 9.17) is 0 Å². The molecule has 2 fully saturated rings. The Morgan fingerprint density at radius 2 is 1.29 bits per heavy atom. The summed E-state index contributed by atoms with van der Waals surface area (Å²) in [4.78, 5) is 2.51. The Bertz CT molecular complexity index is 301. The van der Waals surface area contributed by atoms with Gasteiger partial charge in [-0.1, -0.05) is 57.8 Å². The Labute approximate surface area is 131 Å². The first-order valence-corrected chi connectivity index (χ1v) is 9.24. The first-order valence-electron chi connectivity index (χ1n) is 9.24. The Balaban J connectivity index is 2.01. The van der Waals surface area contributed by atoms with Crippen molar-refractivity contribution in [2.75, 3.05) is 26.2 Å². The predicted molar refractivity (Wildman–Crippen MR) is 88.2 cm³/mol. The molecule has 1 N–H and O–H groups in total. The number of rotatable bonds is 1. The normalized spacial score (nSPS) is 26.8. The van der Waals surface area contributed by atoms with E-state index in [-0.39, 0.29) is 5.54 Å². The minimum Gasteiger partial charge on any atom is -0.315 e. The molecule has 120 valence electrons. The predicted octanol–water partition coefficient (Wildman–Crippen LogP) is 3.85. The summed E-state index contributed by atoms with van der Waals surface area (Å²) in [5, 5.41) is 13.5. The number of hydrogen-bond donors (Lipinski definition) is 1. The van der Waals surface area contributed by atoms with Gasteiger partial charge in [0.1, 0.15) is 5.54 Å². The molecule has 1 heterocycles. The van der Waals surface area contributed by atoms with Crippen LogP contribution >= 0.6 is 0 Å². The molecule has 0 atom stereocenters. The van der Waals surface area contributed by atoms with Gasteiger partial charge in [0.05, 0.1) is 6.07 Å². The van der Waals surface area contributed by atoms with Gasteiger partial charge in [-0.3, -0.25) is 4.90 Å². The Morgan fingerprint density at radius 1 is 0.714 bits per heavy atom. The largest absolute Gasteiger partial charge is 0.315 e. The molecule has 1 saturated heterocycles. The molecule has 1 saturated carbocycles. The zero-order valence-corrected chi connectivity index (χ0v) is 13.7.